The molecule has 0 aliphatic heterocycles. The minimum Gasteiger partial charge on any atom is -0.456 e. The van der Waals surface area contributed by atoms with Crippen LogP contribution in [0.3, 0.4) is 0 Å². The second-order valence-corrected chi connectivity index (χ2v) is 6.54. The van der Waals surface area contributed by atoms with E-state index in [0.717, 1.165) is 29.5 Å². The van der Waals surface area contributed by atoms with Gasteiger partial charge in [0, 0.05) is 17.3 Å². The number of halogens is 2. The van der Waals surface area contributed by atoms with Crippen molar-refractivity contribution in [3.8, 4) is 11.5 Å². The lowest BCUT2D eigenvalue weighted by molar-refractivity contribution is -0.117. The Bertz CT molecular complexity index is 1030. The van der Waals surface area contributed by atoms with Gasteiger partial charge in [0.05, 0.1) is 12.2 Å². The summed E-state index contributed by atoms with van der Waals surface area (Å²) in [5.74, 6) is -0.356. The van der Waals surface area contributed by atoms with Crippen molar-refractivity contribution in [3.05, 3.63) is 95.3 Å². The Morgan fingerprint density at radius 3 is 2.69 bits per heavy atom. The van der Waals surface area contributed by atoms with Gasteiger partial charge in [0.25, 0.3) is 0 Å². The highest BCUT2D eigenvalue weighted by Gasteiger charge is 2.10. The van der Waals surface area contributed by atoms with Gasteiger partial charge in [0.15, 0.2) is 0 Å². The molecule has 0 spiro atoms. The second-order valence-electron chi connectivity index (χ2n) is 6.54. The summed E-state index contributed by atoms with van der Waals surface area (Å²) in [6.45, 7) is 3.72. The first kappa shape index (κ1) is 20.2. The minimum absolute atomic E-state index is 0.00917. The molecular weight excluding hydrogens is 374 g/mol. The van der Waals surface area contributed by atoms with Gasteiger partial charge >= 0.3 is 0 Å². The summed E-state index contributed by atoms with van der Waals surface area (Å²) in [5, 5.41) is 2.79. The first-order valence-electron chi connectivity index (χ1n) is 9.05. The molecule has 1 N–H and O–H groups in total. The van der Waals surface area contributed by atoms with E-state index in [-0.39, 0.29) is 11.6 Å². The Balaban J connectivity index is 1.64. The van der Waals surface area contributed by atoms with E-state index in [2.05, 4.69) is 10.3 Å². The molecule has 1 atom stereocenters. The van der Waals surface area contributed by atoms with Gasteiger partial charge < -0.3 is 10.1 Å². The maximum atomic E-state index is 13.6. The summed E-state index contributed by atoms with van der Waals surface area (Å²) in [7, 11) is 0. The molecule has 148 valence electrons. The Kier molecular flexibility index (Phi) is 6.34. The van der Waals surface area contributed by atoms with E-state index in [1.54, 1.807) is 6.20 Å². The van der Waals surface area contributed by atoms with E-state index < -0.39 is 17.5 Å². The van der Waals surface area contributed by atoms with Crippen LogP contribution < -0.4 is 10.1 Å². The number of carbonyl (C=O) groups excluding carboxylic acids is 1. The molecule has 0 aliphatic rings. The van der Waals surface area contributed by atoms with Crippen molar-refractivity contribution in [3.63, 3.8) is 0 Å². The van der Waals surface area contributed by atoms with E-state index in [1.807, 2.05) is 50.2 Å². The number of pyridine rings is 1. The third-order valence-corrected chi connectivity index (χ3v) is 4.21. The molecule has 1 amide bonds. The summed E-state index contributed by atoms with van der Waals surface area (Å²) < 4.78 is 32.6. The number of aryl methyl sites for hydroxylation is 1. The predicted molar refractivity (Wildman–Crippen MR) is 107 cm³/mol. The SMILES string of the molecule is Cc1ccc(Oc2cccc(C(C)NC(=O)/C=C/c3cc(F)ccc3F)c2)cn1. The molecule has 0 radical (unpaired) electrons. The molecule has 0 fully saturated rings. The molecule has 0 bridgehead atoms. The Morgan fingerprint density at radius 2 is 1.93 bits per heavy atom. The predicted octanol–water partition coefficient (Wildman–Crippen LogP) is 5.35. The number of amides is 1. The van der Waals surface area contributed by atoms with Gasteiger partial charge in [0.1, 0.15) is 23.1 Å². The van der Waals surface area contributed by atoms with Crippen molar-refractivity contribution < 1.29 is 18.3 Å². The number of hydrogen-bond acceptors (Lipinski definition) is 3. The number of rotatable bonds is 6. The van der Waals surface area contributed by atoms with Crippen LogP contribution in [0.5, 0.6) is 11.5 Å². The summed E-state index contributed by atoms with van der Waals surface area (Å²) in [6.07, 6.45) is 4.06. The van der Waals surface area contributed by atoms with Crippen LogP contribution >= 0.6 is 0 Å². The fourth-order valence-corrected chi connectivity index (χ4v) is 2.65. The van der Waals surface area contributed by atoms with Crippen LogP contribution in [0.25, 0.3) is 6.08 Å². The molecule has 29 heavy (non-hydrogen) atoms. The van der Waals surface area contributed by atoms with Crippen molar-refractivity contribution in [1.29, 1.82) is 0 Å². The largest absolute Gasteiger partial charge is 0.456 e. The van der Waals surface area contributed by atoms with Gasteiger partial charge in [-0.2, -0.15) is 0 Å². The zero-order chi connectivity index (χ0) is 20.8. The Labute approximate surface area is 167 Å². The van der Waals surface area contributed by atoms with Crippen molar-refractivity contribution in [2.24, 2.45) is 0 Å². The van der Waals surface area contributed by atoms with E-state index in [9.17, 15) is 13.6 Å². The molecule has 1 aromatic heterocycles. The third-order valence-electron chi connectivity index (χ3n) is 4.21. The standard InChI is InChI=1S/C23H20F2N2O2/c1-15-6-9-21(14-26-15)29-20-5-3-4-17(13-20)16(2)27-23(28)11-7-18-12-19(24)8-10-22(18)25/h3-14,16H,1-2H3,(H,27,28)/b11-7+. The fourth-order valence-electron chi connectivity index (χ4n) is 2.65. The van der Waals surface area contributed by atoms with Crippen molar-refractivity contribution in [2.75, 3.05) is 0 Å². The van der Waals surface area contributed by atoms with Gasteiger partial charge in [0.2, 0.25) is 5.91 Å². The van der Waals surface area contributed by atoms with Gasteiger partial charge in [-0.25, -0.2) is 8.78 Å². The zero-order valence-electron chi connectivity index (χ0n) is 16.0. The monoisotopic (exact) mass is 394 g/mol. The van der Waals surface area contributed by atoms with E-state index in [1.165, 1.54) is 12.2 Å². The van der Waals surface area contributed by atoms with Crippen molar-refractivity contribution in [1.82, 2.24) is 10.3 Å². The number of carbonyl (C=O) groups is 1. The quantitative estimate of drug-likeness (QED) is 0.573. The molecule has 1 heterocycles. The Morgan fingerprint density at radius 1 is 1.10 bits per heavy atom. The maximum Gasteiger partial charge on any atom is 0.244 e. The van der Waals surface area contributed by atoms with Crippen LogP contribution in [0, 0.1) is 18.6 Å². The molecule has 3 rings (SSSR count). The van der Waals surface area contributed by atoms with E-state index in [0.29, 0.717) is 11.5 Å². The van der Waals surface area contributed by atoms with Gasteiger partial charge in [-0.3, -0.25) is 9.78 Å². The topological polar surface area (TPSA) is 51.2 Å². The molecule has 6 heteroatoms. The molecule has 0 aliphatic carbocycles. The van der Waals surface area contributed by atoms with Crippen molar-refractivity contribution in [2.45, 2.75) is 19.9 Å². The second kappa shape index (κ2) is 9.10. The van der Waals surface area contributed by atoms with Crippen LogP contribution in [-0.2, 0) is 4.79 Å². The van der Waals surface area contributed by atoms with Crippen LogP contribution in [0.15, 0.2) is 66.9 Å². The average Bonchev–Trinajstić information content (AvgIpc) is 2.70. The molecule has 2 aromatic carbocycles. The van der Waals surface area contributed by atoms with Crippen LogP contribution in [0.2, 0.25) is 0 Å². The number of ether oxygens (including phenoxy) is 1. The zero-order valence-corrected chi connectivity index (χ0v) is 16.0. The molecule has 4 nitrogen and oxygen atoms in total. The highest BCUT2D eigenvalue weighted by molar-refractivity contribution is 5.92. The molecule has 0 saturated heterocycles. The fraction of sp³-hybridized carbons (Fsp3) is 0.130. The van der Waals surface area contributed by atoms with E-state index >= 15 is 0 Å². The van der Waals surface area contributed by atoms with Gasteiger partial charge in [-0.1, -0.05) is 12.1 Å². The Hall–Kier alpha value is -3.54. The van der Waals surface area contributed by atoms with Gasteiger partial charge in [-0.15, -0.1) is 0 Å². The highest BCUT2D eigenvalue weighted by Crippen LogP contribution is 2.24. The first-order chi connectivity index (χ1) is 13.9. The van der Waals surface area contributed by atoms with Crippen LogP contribution in [-0.4, -0.2) is 10.9 Å². The number of benzene rings is 2. The number of nitrogens with one attached hydrogen (secondary N) is 1. The normalized spacial score (nSPS) is 12.0. The number of aromatic nitrogens is 1. The van der Waals surface area contributed by atoms with Gasteiger partial charge in [-0.05, 0) is 68.0 Å². The van der Waals surface area contributed by atoms with Crippen molar-refractivity contribution >= 4 is 12.0 Å². The lowest BCUT2D eigenvalue weighted by Crippen LogP contribution is -2.24. The van der Waals surface area contributed by atoms with E-state index in [4.69, 9.17) is 4.74 Å². The molecule has 0 saturated carbocycles. The maximum absolute atomic E-state index is 13.6. The molecular formula is C23H20F2N2O2. The molecule has 3 aromatic rings. The summed E-state index contributed by atoms with van der Waals surface area (Å²) in [4.78, 5) is 16.3. The summed E-state index contributed by atoms with van der Waals surface area (Å²) in [6, 6.07) is 13.8. The smallest absolute Gasteiger partial charge is 0.244 e. The summed E-state index contributed by atoms with van der Waals surface area (Å²) >= 11 is 0. The van der Waals surface area contributed by atoms with Crippen LogP contribution in [0.4, 0.5) is 8.78 Å². The van der Waals surface area contributed by atoms with Crippen LogP contribution in [0.1, 0.15) is 29.8 Å². The molecule has 1 unspecified atom stereocenters. The first-order valence-corrected chi connectivity index (χ1v) is 9.05. The highest BCUT2D eigenvalue weighted by atomic mass is 19.1. The average molecular weight is 394 g/mol. The lowest BCUT2D eigenvalue weighted by atomic mass is 10.1. The summed E-state index contributed by atoms with van der Waals surface area (Å²) in [5.41, 5.74) is 1.74. The number of nitrogens with zero attached hydrogens (tertiary/aromatic N) is 1. The lowest BCUT2D eigenvalue weighted by Gasteiger charge is -2.14. The third kappa shape index (κ3) is 5.72. The number of hydrogen-bond donors (Lipinski definition) is 1. The minimum atomic E-state index is -0.598.